The summed E-state index contributed by atoms with van der Waals surface area (Å²) in [6.45, 7) is 12.6. The van der Waals surface area contributed by atoms with Gasteiger partial charge in [0.1, 0.15) is 17.8 Å². The number of hydrogen-bond acceptors (Lipinski definition) is 6. The summed E-state index contributed by atoms with van der Waals surface area (Å²) in [5.41, 5.74) is -1.69. The predicted octanol–water partition coefficient (Wildman–Crippen LogP) is 3.72. The van der Waals surface area contributed by atoms with Crippen LogP contribution in [-0.2, 0) is 14.0 Å². The topological polar surface area (TPSA) is 81.0 Å². The molecular weight excluding hydrogens is 433 g/mol. The molecule has 1 aromatic carbocycles. The van der Waals surface area contributed by atoms with Crippen LogP contribution in [0.1, 0.15) is 60.5 Å². The number of halogens is 2. The molecule has 0 aliphatic carbocycles. The first-order valence-electron chi connectivity index (χ1n) is 11.0. The Balaban J connectivity index is 1.74. The molecule has 2 aliphatic heterocycles. The van der Waals surface area contributed by atoms with E-state index in [1.807, 2.05) is 33.8 Å². The van der Waals surface area contributed by atoms with Crippen molar-refractivity contribution < 1.29 is 32.4 Å². The van der Waals surface area contributed by atoms with Crippen LogP contribution in [0.15, 0.2) is 12.1 Å². The highest BCUT2D eigenvalue weighted by Crippen LogP contribution is 2.37. The van der Waals surface area contributed by atoms with Crippen LogP contribution in [0.2, 0.25) is 0 Å². The maximum Gasteiger partial charge on any atom is 0.494 e. The molecule has 2 saturated heterocycles. The van der Waals surface area contributed by atoms with Gasteiger partial charge >= 0.3 is 13.2 Å². The second-order valence-corrected chi connectivity index (χ2v) is 10.5. The van der Waals surface area contributed by atoms with E-state index in [0.29, 0.717) is 5.46 Å². The Bertz CT molecular complexity index is 941. The van der Waals surface area contributed by atoms with Crippen LogP contribution in [0.5, 0.6) is 5.75 Å². The Labute approximate surface area is 194 Å². The molecule has 0 aromatic heterocycles. The molecule has 0 saturated carbocycles. The Morgan fingerprint density at radius 1 is 1.24 bits per heavy atom. The molecule has 0 N–H and O–H groups in total. The standard InChI is InChI=1S/C23H31BF2N2O5/c1-21(2,3)31-20(29)28-9-8-18(17(26)13-28)30-19-14(12-27)10-15(11-16(19)25)24-32-22(4,5)23(6,7)33-24/h10-11,17-18H,8-9,13H2,1-7H3/t17-,18+/m1/s1. The van der Waals surface area contributed by atoms with Gasteiger partial charge in [0.2, 0.25) is 0 Å². The number of hydrogen-bond donors (Lipinski definition) is 0. The van der Waals surface area contributed by atoms with Crippen LogP contribution in [0, 0.1) is 17.1 Å². The van der Waals surface area contributed by atoms with E-state index in [1.54, 1.807) is 20.8 Å². The predicted molar refractivity (Wildman–Crippen MR) is 119 cm³/mol. The number of carbonyl (C=O) groups excluding carboxylic acids is 1. The number of amides is 1. The molecule has 1 aromatic rings. The van der Waals surface area contributed by atoms with Gasteiger partial charge in [-0.2, -0.15) is 5.26 Å². The summed E-state index contributed by atoms with van der Waals surface area (Å²) in [6.07, 6.45) is -3.06. The highest BCUT2D eigenvalue weighted by molar-refractivity contribution is 6.62. The third kappa shape index (κ3) is 5.41. The summed E-state index contributed by atoms with van der Waals surface area (Å²) >= 11 is 0. The van der Waals surface area contributed by atoms with Gasteiger partial charge in [0.25, 0.3) is 0 Å². The van der Waals surface area contributed by atoms with Gasteiger partial charge in [-0.05, 0) is 66.1 Å². The number of ether oxygens (including phenoxy) is 2. The van der Waals surface area contributed by atoms with E-state index in [2.05, 4.69) is 0 Å². The molecule has 33 heavy (non-hydrogen) atoms. The Morgan fingerprint density at radius 2 is 1.85 bits per heavy atom. The lowest BCUT2D eigenvalue weighted by atomic mass is 9.78. The number of benzene rings is 1. The average molecular weight is 464 g/mol. The molecule has 0 unspecified atom stereocenters. The van der Waals surface area contributed by atoms with Crippen molar-refractivity contribution in [3.8, 4) is 11.8 Å². The largest absolute Gasteiger partial charge is 0.494 e. The lowest BCUT2D eigenvalue weighted by Gasteiger charge is -2.35. The molecule has 10 heteroatoms. The van der Waals surface area contributed by atoms with Crippen molar-refractivity contribution in [1.82, 2.24) is 4.90 Å². The van der Waals surface area contributed by atoms with Crippen molar-refractivity contribution in [3.05, 3.63) is 23.5 Å². The number of carbonyl (C=O) groups is 1. The van der Waals surface area contributed by atoms with Crippen LogP contribution in [0.4, 0.5) is 13.6 Å². The molecule has 180 valence electrons. The van der Waals surface area contributed by atoms with Crippen LogP contribution < -0.4 is 10.2 Å². The maximum atomic E-state index is 15.0. The summed E-state index contributed by atoms with van der Waals surface area (Å²) in [4.78, 5) is 13.5. The number of alkyl halides is 1. The monoisotopic (exact) mass is 464 g/mol. The van der Waals surface area contributed by atoms with Crippen LogP contribution in [-0.4, -0.2) is 60.3 Å². The van der Waals surface area contributed by atoms with Crippen LogP contribution in [0.3, 0.4) is 0 Å². The SMILES string of the molecule is CC(C)(C)OC(=O)N1CC[C@H](Oc2c(F)cc(B3OC(C)(C)C(C)(C)O3)cc2C#N)[C@H](F)C1. The number of likely N-dealkylation sites (tertiary alicyclic amines) is 1. The van der Waals surface area contributed by atoms with Crippen LogP contribution in [0.25, 0.3) is 0 Å². The minimum Gasteiger partial charge on any atom is -0.483 e. The summed E-state index contributed by atoms with van der Waals surface area (Å²) in [5.74, 6) is -1.13. The van der Waals surface area contributed by atoms with Crippen molar-refractivity contribution >= 4 is 18.7 Å². The van der Waals surface area contributed by atoms with Gasteiger partial charge in [0.05, 0.1) is 23.3 Å². The first kappa shape index (κ1) is 25.3. The summed E-state index contributed by atoms with van der Waals surface area (Å²) in [7, 11) is -0.850. The van der Waals surface area contributed by atoms with E-state index in [1.165, 1.54) is 17.0 Å². The van der Waals surface area contributed by atoms with Gasteiger partial charge < -0.3 is 23.7 Å². The van der Waals surface area contributed by atoms with Crippen molar-refractivity contribution in [3.63, 3.8) is 0 Å². The van der Waals surface area contributed by atoms with Gasteiger partial charge in [0, 0.05) is 13.0 Å². The lowest BCUT2D eigenvalue weighted by molar-refractivity contribution is -0.0113. The van der Waals surface area contributed by atoms with Crippen molar-refractivity contribution in [2.45, 2.75) is 84.0 Å². The summed E-state index contributed by atoms with van der Waals surface area (Å²) < 4.78 is 52.6. The minimum atomic E-state index is -1.57. The lowest BCUT2D eigenvalue weighted by Crippen LogP contribution is -2.50. The van der Waals surface area contributed by atoms with E-state index in [-0.39, 0.29) is 30.8 Å². The number of piperidine rings is 1. The molecule has 2 atom stereocenters. The molecule has 7 nitrogen and oxygen atoms in total. The molecule has 2 heterocycles. The Morgan fingerprint density at radius 3 is 2.36 bits per heavy atom. The zero-order chi connectivity index (χ0) is 24.8. The molecule has 1 amide bonds. The molecule has 3 rings (SSSR count). The Hall–Kier alpha value is -2.38. The second kappa shape index (κ2) is 8.77. The third-order valence-corrected chi connectivity index (χ3v) is 6.11. The van der Waals surface area contributed by atoms with Crippen molar-refractivity contribution in [2.75, 3.05) is 13.1 Å². The van der Waals surface area contributed by atoms with E-state index in [9.17, 15) is 14.4 Å². The fraction of sp³-hybridized carbons (Fsp3) is 0.652. The van der Waals surface area contributed by atoms with E-state index >= 15 is 4.39 Å². The Kier molecular flexibility index (Phi) is 6.71. The highest BCUT2D eigenvalue weighted by atomic mass is 19.1. The smallest absolute Gasteiger partial charge is 0.483 e. The molecule has 0 radical (unpaired) electrons. The third-order valence-electron chi connectivity index (χ3n) is 6.11. The fourth-order valence-corrected chi connectivity index (χ4v) is 3.59. The molecule has 0 bridgehead atoms. The van der Waals surface area contributed by atoms with Gasteiger partial charge in [-0.15, -0.1) is 0 Å². The first-order chi connectivity index (χ1) is 15.1. The van der Waals surface area contributed by atoms with E-state index < -0.39 is 48.1 Å². The van der Waals surface area contributed by atoms with E-state index in [4.69, 9.17) is 18.8 Å². The van der Waals surface area contributed by atoms with Gasteiger partial charge in [-0.25, -0.2) is 13.6 Å². The number of nitrogens with zero attached hydrogens (tertiary/aromatic N) is 2. The molecule has 2 aliphatic rings. The van der Waals surface area contributed by atoms with Gasteiger partial charge in [-0.3, -0.25) is 0 Å². The van der Waals surface area contributed by atoms with Crippen molar-refractivity contribution in [2.24, 2.45) is 0 Å². The van der Waals surface area contributed by atoms with E-state index in [0.717, 1.165) is 0 Å². The number of nitriles is 1. The molecule has 0 spiro atoms. The fourth-order valence-electron chi connectivity index (χ4n) is 3.59. The highest BCUT2D eigenvalue weighted by Gasteiger charge is 2.52. The van der Waals surface area contributed by atoms with Gasteiger partial charge in [-0.1, -0.05) is 0 Å². The number of rotatable bonds is 3. The zero-order valence-corrected chi connectivity index (χ0v) is 20.2. The molecule has 2 fully saturated rings. The first-order valence-corrected chi connectivity index (χ1v) is 11.0. The zero-order valence-electron chi connectivity index (χ0n) is 20.2. The molecular formula is C23H31BF2N2O5. The average Bonchev–Trinajstić information content (AvgIpc) is 2.90. The van der Waals surface area contributed by atoms with Crippen molar-refractivity contribution in [1.29, 1.82) is 5.26 Å². The maximum absolute atomic E-state index is 15.0. The second-order valence-electron chi connectivity index (χ2n) is 10.5. The quantitative estimate of drug-likeness (QED) is 0.635. The van der Waals surface area contributed by atoms with Gasteiger partial charge in [0.15, 0.2) is 17.7 Å². The summed E-state index contributed by atoms with van der Waals surface area (Å²) in [6, 6.07) is 4.53. The summed E-state index contributed by atoms with van der Waals surface area (Å²) in [5, 5.41) is 9.59. The van der Waals surface area contributed by atoms with Crippen LogP contribution >= 0.6 is 0 Å². The normalized spacial score (nSPS) is 24.4. The minimum absolute atomic E-state index is 0.0820.